The summed E-state index contributed by atoms with van der Waals surface area (Å²) in [5, 5.41) is 8.62. The molecule has 6 nitrogen and oxygen atoms in total. The smallest absolute Gasteiger partial charge is 0.410 e. The summed E-state index contributed by atoms with van der Waals surface area (Å²) >= 11 is 0. The summed E-state index contributed by atoms with van der Waals surface area (Å²) < 4.78 is 5.23. The van der Waals surface area contributed by atoms with Gasteiger partial charge in [-0.15, -0.1) is 0 Å². The summed E-state index contributed by atoms with van der Waals surface area (Å²) in [6.07, 6.45) is 0.846. The second-order valence-electron chi connectivity index (χ2n) is 6.22. The monoisotopic (exact) mass is 297 g/mol. The molecule has 21 heavy (non-hydrogen) atoms. The molecule has 0 N–H and O–H groups in total. The average Bonchev–Trinajstić information content (AvgIpc) is 2.35. The summed E-state index contributed by atoms with van der Waals surface area (Å²) in [6.45, 7) is 7.74. The normalized spacial score (nSPS) is 12.2. The van der Waals surface area contributed by atoms with Crippen LogP contribution in [0, 0.1) is 11.3 Å². The molecule has 6 heteroatoms. The maximum Gasteiger partial charge on any atom is 0.410 e. The largest absolute Gasteiger partial charge is 0.444 e. The van der Waals surface area contributed by atoms with Crippen molar-refractivity contribution < 1.29 is 14.3 Å². The lowest BCUT2D eigenvalue weighted by Gasteiger charge is -2.25. The molecule has 0 spiro atoms. The molecule has 0 bridgehead atoms. The Morgan fingerprint density at radius 3 is 2.33 bits per heavy atom. The van der Waals surface area contributed by atoms with Gasteiger partial charge in [-0.05, 0) is 34.1 Å². The van der Waals surface area contributed by atoms with Crippen molar-refractivity contribution in [1.82, 2.24) is 9.80 Å². The van der Waals surface area contributed by atoms with Crippen LogP contribution in [-0.4, -0.2) is 54.1 Å². The molecule has 0 aromatic heterocycles. The first-order chi connectivity index (χ1) is 9.58. The number of nitrogens with zero attached hydrogens (tertiary/aromatic N) is 3. The summed E-state index contributed by atoms with van der Waals surface area (Å²) in [7, 11) is 3.35. The second-order valence-corrected chi connectivity index (χ2v) is 6.22. The molecule has 0 heterocycles. The SMILES string of the molecule is CC(CC#N)N(C)C(=O)CCCN(C)C(=O)OC(C)(C)C. The number of hydrogen-bond donors (Lipinski definition) is 0. The molecule has 0 radical (unpaired) electrons. The molecule has 1 unspecified atom stereocenters. The van der Waals surface area contributed by atoms with Crippen molar-refractivity contribution in [3.05, 3.63) is 0 Å². The molecule has 2 amide bonds. The van der Waals surface area contributed by atoms with Crippen molar-refractivity contribution in [3.8, 4) is 6.07 Å². The predicted octanol–water partition coefficient (Wildman–Crippen LogP) is 2.39. The summed E-state index contributed by atoms with van der Waals surface area (Å²) in [5.74, 6) is -0.0182. The van der Waals surface area contributed by atoms with Crippen LogP contribution < -0.4 is 0 Å². The Balaban J connectivity index is 4.11. The van der Waals surface area contributed by atoms with Crippen LogP contribution in [0.4, 0.5) is 4.79 Å². The highest BCUT2D eigenvalue weighted by atomic mass is 16.6. The van der Waals surface area contributed by atoms with E-state index in [1.165, 1.54) is 4.90 Å². The van der Waals surface area contributed by atoms with Crippen molar-refractivity contribution in [2.24, 2.45) is 0 Å². The minimum Gasteiger partial charge on any atom is -0.444 e. The van der Waals surface area contributed by atoms with Crippen LogP contribution in [0.1, 0.15) is 47.0 Å². The molecule has 0 rings (SSSR count). The fraction of sp³-hybridized carbons (Fsp3) is 0.800. The van der Waals surface area contributed by atoms with Gasteiger partial charge in [-0.1, -0.05) is 0 Å². The fourth-order valence-electron chi connectivity index (χ4n) is 1.59. The van der Waals surface area contributed by atoms with Gasteiger partial charge in [-0.3, -0.25) is 4.79 Å². The van der Waals surface area contributed by atoms with Gasteiger partial charge in [0.25, 0.3) is 0 Å². The van der Waals surface area contributed by atoms with Crippen molar-refractivity contribution in [2.45, 2.75) is 58.6 Å². The molecule has 120 valence electrons. The van der Waals surface area contributed by atoms with E-state index in [0.717, 1.165) is 0 Å². The molecule has 0 fully saturated rings. The van der Waals surface area contributed by atoms with E-state index in [4.69, 9.17) is 10.00 Å². The number of carbonyl (C=O) groups excluding carboxylic acids is 2. The number of amides is 2. The van der Waals surface area contributed by atoms with E-state index in [9.17, 15) is 9.59 Å². The van der Waals surface area contributed by atoms with Gasteiger partial charge in [-0.2, -0.15) is 5.26 Å². The lowest BCUT2D eigenvalue weighted by molar-refractivity contribution is -0.131. The number of nitriles is 1. The van der Waals surface area contributed by atoms with Gasteiger partial charge in [0.1, 0.15) is 5.60 Å². The van der Waals surface area contributed by atoms with Crippen LogP contribution >= 0.6 is 0 Å². The van der Waals surface area contributed by atoms with Crippen LogP contribution in [-0.2, 0) is 9.53 Å². The molecule has 0 aromatic rings. The Morgan fingerprint density at radius 1 is 1.29 bits per heavy atom. The zero-order valence-electron chi connectivity index (χ0n) is 14.0. The highest BCUT2D eigenvalue weighted by Gasteiger charge is 2.20. The van der Waals surface area contributed by atoms with E-state index in [2.05, 4.69) is 6.07 Å². The van der Waals surface area contributed by atoms with Crippen LogP contribution in [0.2, 0.25) is 0 Å². The van der Waals surface area contributed by atoms with Gasteiger partial charge in [-0.25, -0.2) is 4.79 Å². The van der Waals surface area contributed by atoms with Crippen molar-refractivity contribution in [2.75, 3.05) is 20.6 Å². The van der Waals surface area contributed by atoms with Crippen molar-refractivity contribution in [3.63, 3.8) is 0 Å². The van der Waals surface area contributed by atoms with E-state index in [-0.39, 0.29) is 18.0 Å². The Hall–Kier alpha value is -1.77. The fourth-order valence-corrected chi connectivity index (χ4v) is 1.59. The Morgan fingerprint density at radius 2 is 1.86 bits per heavy atom. The third-order valence-electron chi connectivity index (χ3n) is 3.03. The van der Waals surface area contributed by atoms with Gasteiger partial charge < -0.3 is 14.5 Å². The molecule has 0 aliphatic carbocycles. The van der Waals surface area contributed by atoms with Crippen molar-refractivity contribution >= 4 is 12.0 Å². The van der Waals surface area contributed by atoms with Gasteiger partial charge in [0.05, 0.1) is 12.5 Å². The van der Waals surface area contributed by atoms with E-state index < -0.39 is 5.60 Å². The summed E-state index contributed by atoms with van der Waals surface area (Å²) in [4.78, 5) is 26.7. The minimum atomic E-state index is -0.520. The van der Waals surface area contributed by atoms with Crippen LogP contribution in [0.15, 0.2) is 0 Å². The van der Waals surface area contributed by atoms with Crippen molar-refractivity contribution in [1.29, 1.82) is 5.26 Å². The molecule has 0 saturated carbocycles. The summed E-state index contributed by atoms with van der Waals surface area (Å²) in [6, 6.07) is 1.96. The number of ether oxygens (including phenoxy) is 1. The number of hydrogen-bond acceptors (Lipinski definition) is 4. The molecule has 0 aliphatic heterocycles. The lowest BCUT2D eigenvalue weighted by atomic mass is 10.2. The van der Waals surface area contributed by atoms with E-state index in [1.807, 2.05) is 27.7 Å². The second kappa shape index (κ2) is 8.50. The number of rotatable bonds is 6. The molecule has 0 saturated heterocycles. The number of carbonyl (C=O) groups is 2. The highest BCUT2D eigenvalue weighted by molar-refractivity contribution is 5.76. The van der Waals surface area contributed by atoms with Crippen LogP contribution in [0.5, 0.6) is 0 Å². The zero-order valence-corrected chi connectivity index (χ0v) is 14.0. The van der Waals surface area contributed by atoms with E-state index in [1.54, 1.807) is 19.0 Å². The Kier molecular flexibility index (Phi) is 7.79. The predicted molar refractivity (Wildman–Crippen MR) is 80.6 cm³/mol. The first-order valence-electron chi connectivity index (χ1n) is 7.15. The Bertz CT molecular complexity index is 396. The van der Waals surface area contributed by atoms with Gasteiger partial charge in [0.15, 0.2) is 0 Å². The minimum absolute atomic E-state index is 0.0182. The topological polar surface area (TPSA) is 73.6 Å². The van der Waals surface area contributed by atoms with Crippen LogP contribution in [0.3, 0.4) is 0 Å². The van der Waals surface area contributed by atoms with Crippen LogP contribution in [0.25, 0.3) is 0 Å². The third-order valence-corrected chi connectivity index (χ3v) is 3.03. The van der Waals surface area contributed by atoms with Gasteiger partial charge in [0, 0.05) is 33.1 Å². The molecular weight excluding hydrogens is 270 g/mol. The van der Waals surface area contributed by atoms with Gasteiger partial charge in [0.2, 0.25) is 5.91 Å². The van der Waals surface area contributed by atoms with E-state index >= 15 is 0 Å². The molecule has 0 aliphatic rings. The third kappa shape index (κ3) is 8.18. The first kappa shape index (κ1) is 19.2. The summed E-state index contributed by atoms with van der Waals surface area (Å²) in [5.41, 5.74) is -0.520. The maximum absolute atomic E-state index is 11.9. The van der Waals surface area contributed by atoms with E-state index in [0.29, 0.717) is 25.8 Å². The zero-order chi connectivity index (χ0) is 16.6. The standard InChI is InChI=1S/C15H27N3O3/c1-12(9-10-16)18(6)13(19)8-7-11-17(5)14(20)21-15(2,3)4/h12H,7-9,11H2,1-6H3. The van der Waals surface area contributed by atoms with Gasteiger partial charge >= 0.3 is 6.09 Å². The molecule has 0 aromatic carbocycles. The average molecular weight is 297 g/mol. The Labute approximate surface area is 127 Å². The highest BCUT2D eigenvalue weighted by Crippen LogP contribution is 2.10. The molecular formula is C15H27N3O3. The molecule has 1 atom stereocenters. The first-order valence-corrected chi connectivity index (χ1v) is 7.15. The lowest BCUT2D eigenvalue weighted by Crippen LogP contribution is -2.37. The maximum atomic E-state index is 11.9. The quantitative estimate of drug-likeness (QED) is 0.754.